The summed E-state index contributed by atoms with van der Waals surface area (Å²) in [5.74, 6) is -2.12. The fourth-order valence-electron chi connectivity index (χ4n) is 2.61. The Morgan fingerprint density at radius 2 is 2.00 bits per heavy atom. The number of amides is 1. The molecule has 0 heterocycles. The average Bonchev–Trinajstić information content (AvgIpc) is 2.41. The van der Waals surface area contributed by atoms with Crippen molar-refractivity contribution in [1.29, 1.82) is 0 Å². The van der Waals surface area contributed by atoms with Gasteiger partial charge in [0.1, 0.15) is 11.4 Å². The Bertz CT molecular complexity index is 568. The van der Waals surface area contributed by atoms with E-state index in [4.69, 9.17) is 11.6 Å². The second kappa shape index (κ2) is 6.02. The highest BCUT2D eigenvalue weighted by molar-refractivity contribution is 6.30. The lowest BCUT2D eigenvalue weighted by Gasteiger charge is -2.36. The molecule has 114 valence electrons. The van der Waals surface area contributed by atoms with Crippen molar-refractivity contribution in [2.24, 2.45) is 5.92 Å². The molecule has 1 aromatic carbocycles. The van der Waals surface area contributed by atoms with Gasteiger partial charge in [0.15, 0.2) is 0 Å². The molecule has 2 rings (SSSR count). The predicted octanol–water partition coefficient (Wildman–Crippen LogP) is 3.24. The highest BCUT2D eigenvalue weighted by atomic mass is 35.5. The zero-order valence-electron chi connectivity index (χ0n) is 11.7. The summed E-state index contributed by atoms with van der Waals surface area (Å²) in [4.78, 5) is 23.7. The maximum Gasteiger partial charge on any atom is 0.329 e. The van der Waals surface area contributed by atoms with Crippen molar-refractivity contribution in [2.45, 2.75) is 38.1 Å². The van der Waals surface area contributed by atoms with Gasteiger partial charge in [-0.1, -0.05) is 18.5 Å². The van der Waals surface area contributed by atoms with Crippen LogP contribution >= 0.6 is 11.6 Å². The molecule has 1 aliphatic carbocycles. The van der Waals surface area contributed by atoms with Crippen LogP contribution in [0.5, 0.6) is 0 Å². The summed E-state index contributed by atoms with van der Waals surface area (Å²) in [5, 5.41) is 12.1. The SMILES string of the molecule is CC1CCC(NC(=O)c2ccc(Cl)cc2F)(C(=O)O)CC1. The number of halogens is 2. The molecule has 0 bridgehead atoms. The smallest absolute Gasteiger partial charge is 0.329 e. The second-order valence-electron chi connectivity index (χ2n) is 5.65. The Balaban J connectivity index is 2.21. The van der Waals surface area contributed by atoms with Crippen LogP contribution in [0.2, 0.25) is 5.02 Å². The first-order valence-electron chi connectivity index (χ1n) is 6.85. The Hall–Kier alpha value is -1.62. The molecular weight excluding hydrogens is 297 g/mol. The van der Waals surface area contributed by atoms with Crippen molar-refractivity contribution < 1.29 is 19.1 Å². The first-order chi connectivity index (χ1) is 9.84. The molecule has 6 heteroatoms. The van der Waals surface area contributed by atoms with E-state index in [0.29, 0.717) is 18.8 Å². The van der Waals surface area contributed by atoms with Crippen LogP contribution in [0.15, 0.2) is 18.2 Å². The Morgan fingerprint density at radius 1 is 1.38 bits per heavy atom. The summed E-state index contributed by atoms with van der Waals surface area (Å²) in [6.45, 7) is 2.05. The minimum Gasteiger partial charge on any atom is -0.480 e. The summed E-state index contributed by atoms with van der Waals surface area (Å²) >= 11 is 5.64. The lowest BCUT2D eigenvalue weighted by atomic mass is 9.77. The maximum absolute atomic E-state index is 13.8. The van der Waals surface area contributed by atoms with Gasteiger partial charge in [0.2, 0.25) is 0 Å². The van der Waals surface area contributed by atoms with Crippen LogP contribution in [0.4, 0.5) is 4.39 Å². The lowest BCUT2D eigenvalue weighted by molar-refractivity contribution is -0.146. The van der Waals surface area contributed by atoms with Crippen LogP contribution in [0.25, 0.3) is 0 Å². The summed E-state index contributed by atoms with van der Waals surface area (Å²) in [6, 6.07) is 3.69. The number of nitrogens with one attached hydrogen (secondary N) is 1. The lowest BCUT2D eigenvalue weighted by Crippen LogP contribution is -2.56. The topological polar surface area (TPSA) is 66.4 Å². The third-order valence-corrected chi connectivity index (χ3v) is 4.30. The van der Waals surface area contributed by atoms with Gasteiger partial charge >= 0.3 is 5.97 Å². The molecule has 2 N–H and O–H groups in total. The largest absolute Gasteiger partial charge is 0.480 e. The molecule has 0 unspecified atom stereocenters. The fraction of sp³-hybridized carbons (Fsp3) is 0.467. The molecule has 0 aromatic heterocycles. The van der Waals surface area contributed by atoms with Crippen molar-refractivity contribution >= 4 is 23.5 Å². The van der Waals surface area contributed by atoms with E-state index in [9.17, 15) is 19.1 Å². The molecule has 1 aromatic rings. The van der Waals surface area contributed by atoms with Crippen molar-refractivity contribution in [1.82, 2.24) is 5.32 Å². The van der Waals surface area contributed by atoms with E-state index in [1.165, 1.54) is 12.1 Å². The van der Waals surface area contributed by atoms with E-state index in [1.54, 1.807) is 0 Å². The molecule has 0 atom stereocenters. The van der Waals surface area contributed by atoms with Crippen LogP contribution < -0.4 is 5.32 Å². The monoisotopic (exact) mass is 313 g/mol. The van der Waals surface area contributed by atoms with Gasteiger partial charge in [-0.3, -0.25) is 4.79 Å². The molecule has 21 heavy (non-hydrogen) atoms. The van der Waals surface area contributed by atoms with Crippen LogP contribution in [-0.4, -0.2) is 22.5 Å². The normalized spacial score (nSPS) is 25.4. The molecule has 1 fully saturated rings. The van der Waals surface area contributed by atoms with Crippen molar-refractivity contribution in [3.8, 4) is 0 Å². The predicted molar refractivity (Wildman–Crippen MR) is 76.9 cm³/mol. The zero-order chi connectivity index (χ0) is 15.6. The fourth-order valence-corrected chi connectivity index (χ4v) is 2.76. The van der Waals surface area contributed by atoms with E-state index in [-0.39, 0.29) is 10.6 Å². The van der Waals surface area contributed by atoms with Gasteiger partial charge in [-0.05, 0) is 49.8 Å². The number of carbonyl (C=O) groups is 2. The molecule has 1 saturated carbocycles. The highest BCUT2D eigenvalue weighted by Gasteiger charge is 2.42. The number of hydrogen-bond donors (Lipinski definition) is 2. The van der Waals surface area contributed by atoms with E-state index >= 15 is 0 Å². The molecule has 1 amide bonds. The molecule has 0 aliphatic heterocycles. The molecule has 0 saturated heterocycles. The number of carboxylic acid groups (broad SMARTS) is 1. The molecule has 0 spiro atoms. The van der Waals surface area contributed by atoms with Crippen LogP contribution in [0, 0.1) is 11.7 Å². The number of rotatable bonds is 3. The van der Waals surface area contributed by atoms with Crippen LogP contribution in [0.3, 0.4) is 0 Å². The first kappa shape index (κ1) is 15.8. The summed E-state index contributed by atoms with van der Waals surface area (Å²) in [5.41, 5.74) is -1.51. The zero-order valence-corrected chi connectivity index (χ0v) is 12.4. The van der Waals surface area contributed by atoms with Gasteiger partial charge in [-0.25, -0.2) is 9.18 Å². The standard InChI is InChI=1S/C15H17ClFNO3/c1-9-4-6-15(7-5-9,14(20)21)18-13(19)11-3-2-10(16)8-12(11)17/h2-3,8-9H,4-7H2,1H3,(H,18,19)(H,20,21). The van der Waals surface area contributed by atoms with Crippen molar-refractivity contribution in [3.05, 3.63) is 34.6 Å². The number of carbonyl (C=O) groups excluding carboxylic acids is 1. The van der Waals surface area contributed by atoms with Gasteiger partial charge in [-0.2, -0.15) is 0 Å². The Kier molecular flexibility index (Phi) is 4.52. The van der Waals surface area contributed by atoms with Gasteiger partial charge in [0, 0.05) is 5.02 Å². The van der Waals surface area contributed by atoms with Crippen LogP contribution in [-0.2, 0) is 4.79 Å². The molecule has 1 aliphatic rings. The second-order valence-corrected chi connectivity index (χ2v) is 6.08. The van der Waals surface area contributed by atoms with E-state index in [0.717, 1.165) is 18.9 Å². The molecular formula is C15H17ClFNO3. The van der Waals surface area contributed by atoms with Gasteiger partial charge in [-0.15, -0.1) is 0 Å². The number of benzene rings is 1. The van der Waals surface area contributed by atoms with Crippen molar-refractivity contribution in [2.75, 3.05) is 0 Å². The van der Waals surface area contributed by atoms with Crippen molar-refractivity contribution in [3.63, 3.8) is 0 Å². The minimum atomic E-state index is -1.31. The average molecular weight is 314 g/mol. The van der Waals surface area contributed by atoms with Gasteiger partial charge in [0.05, 0.1) is 5.56 Å². The molecule has 0 radical (unpaired) electrons. The Morgan fingerprint density at radius 3 is 2.52 bits per heavy atom. The van der Waals surface area contributed by atoms with E-state index in [1.807, 2.05) is 6.92 Å². The summed E-state index contributed by atoms with van der Waals surface area (Å²) in [7, 11) is 0. The maximum atomic E-state index is 13.8. The highest BCUT2D eigenvalue weighted by Crippen LogP contribution is 2.32. The number of hydrogen-bond acceptors (Lipinski definition) is 2. The number of carboxylic acids is 1. The first-order valence-corrected chi connectivity index (χ1v) is 7.23. The minimum absolute atomic E-state index is 0.184. The van der Waals surface area contributed by atoms with Gasteiger partial charge < -0.3 is 10.4 Å². The summed E-state index contributed by atoms with van der Waals surface area (Å²) < 4.78 is 13.8. The molecule has 4 nitrogen and oxygen atoms in total. The third kappa shape index (κ3) is 3.35. The van der Waals surface area contributed by atoms with Crippen LogP contribution in [0.1, 0.15) is 43.0 Å². The number of aliphatic carboxylic acids is 1. The van der Waals surface area contributed by atoms with E-state index in [2.05, 4.69) is 5.32 Å². The Labute approximate surface area is 127 Å². The quantitative estimate of drug-likeness (QED) is 0.900. The van der Waals surface area contributed by atoms with E-state index < -0.39 is 23.2 Å². The summed E-state index contributed by atoms with van der Waals surface area (Å²) in [6.07, 6.45) is 2.14. The van der Waals surface area contributed by atoms with Gasteiger partial charge in [0.25, 0.3) is 5.91 Å². The third-order valence-electron chi connectivity index (χ3n) is 4.07.